The molecular formula is C40H47F5O6. The largest absolute Gasteiger partial charge is 0.463 e. The molecule has 11 heteroatoms. The smallest absolute Gasteiger partial charge is 0.456 e. The zero-order chi connectivity index (χ0) is 37.1. The van der Waals surface area contributed by atoms with E-state index in [1.807, 2.05) is 13.8 Å². The molecule has 1 saturated heterocycles. The summed E-state index contributed by atoms with van der Waals surface area (Å²) in [5.74, 6) is -2.50. The molecule has 51 heavy (non-hydrogen) atoms. The van der Waals surface area contributed by atoms with E-state index in [-0.39, 0.29) is 31.3 Å². The SMILES string of the molecule is CCOC(=O)C=C/C=C/C#Cc1ccc([C@H]2C[C@@]3(C)C(CC[C@@]3(O)C(F)(F)C(F)(F)F)C3CCC4(O)CC5(CCC4=C32)OCC(C)(C)CO5)cc1. The van der Waals surface area contributed by atoms with Gasteiger partial charge in [0, 0.05) is 41.2 Å². The van der Waals surface area contributed by atoms with Gasteiger partial charge in [-0.1, -0.05) is 62.5 Å². The Kier molecular flexibility index (Phi) is 9.70. The molecule has 6 atom stereocenters. The van der Waals surface area contributed by atoms with E-state index in [2.05, 4.69) is 11.8 Å². The van der Waals surface area contributed by atoms with E-state index in [1.165, 1.54) is 19.1 Å². The number of halogens is 5. The lowest BCUT2D eigenvalue weighted by molar-refractivity contribution is -0.362. The van der Waals surface area contributed by atoms with Crippen LogP contribution >= 0.6 is 0 Å². The van der Waals surface area contributed by atoms with E-state index in [1.54, 1.807) is 43.3 Å². The lowest BCUT2D eigenvalue weighted by Gasteiger charge is -2.59. The molecule has 6 rings (SSSR count). The normalized spacial score (nSPS) is 34.5. The van der Waals surface area contributed by atoms with Crippen LogP contribution in [0.25, 0.3) is 0 Å². The third kappa shape index (κ3) is 6.49. The van der Waals surface area contributed by atoms with Crippen molar-refractivity contribution in [2.75, 3.05) is 19.8 Å². The van der Waals surface area contributed by atoms with Gasteiger partial charge in [0.1, 0.15) is 5.60 Å². The first-order valence-corrected chi connectivity index (χ1v) is 17.8. The zero-order valence-electron chi connectivity index (χ0n) is 29.5. The van der Waals surface area contributed by atoms with Gasteiger partial charge < -0.3 is 24.4 Å². The number of rotatable bonds is 5. The van der Waals surface area contributed by atoms with E-state index in [9.17, 15) is 28.2 Å². The van der Waals surface area contributed by atoms with Crippen LogP contribution in [0.3, 0.4) is 0 Å². The minimum atomic E-state index is -5.92. The van der Waals surface area contributed by atoms with Gasteiger partial charge in [-0.2, -0.15) is 22.0 Å². The Morgan fingerprint density at radius 1 is 1.00 bits per heavy atom. The Bertz CT molecular complexity index is 1660. The van der Waals surface area contributed by atoms with Crippen molar-refractivity contribution in [3.8, 4) is 11.8 Å². The monoisotopic (exact) mass is 718 g/mol. The summed E-state index contributed by atoms with van der Waals surface area (Å²) in [6.07, 6.45) is 1.03. The standard InChI is InChI=1S/C40H47F5O6/c1-5-49-32(46)11-9-7-6-8-10-26-12-14-27(15-13-26)29-22-35(4)30(18-21-38(35,48)39(41,42)40(43,44)45)28-16-19-36(47)23-37(20-17-31(36)33(28)29)50-24-34(2,3)25-51-37/h6-7,9,11-15,28-30,47-48H,5,16-25H2,1-4H3/b7-6+,11-9?/t28?,29-,30?,35+,36?,38+/m1/s1. The molecule has 1 spiro atoms. The van der Waals surface area contributed by atoms with Crippen LogP contribution in [0, 0.1) is 34.5 Å². The number of carbonyl (C=O) groups is 1. The van der Waals surface area contributed by atoms with Gasteiger partial charge in [-0.15, -0.1) is 0 Å². The van der Waals surface area contributed by atoms with Crippen molar-refractivity contribution >= 4 is 5.97 Å². The summed E-state index contributed by atoms with van der Waals surface area (Å²) in [5.41, 5.74) is -3.49. The Labute approximate surface area is 296 Å². The molecule has 0 aromatic heterocycles. The van der Waals surface area contributed by atoms with Crippen LogP contribution in [0.15, 0.2) is 59.7 Å². The third-order valence-corrected chi connectivity index (χ3v) is 12.2. The summed E-state index contributed by atoms with van der Waals surface area (Å²) in [6.45, 7) is 8.43. The Hall–Kier alpha value is -3.04. The summed E-state index contributed by atoms with van der Waals surface area (Å²) >= 11 is 0. The first-order chi connectivity index (χ1) is 23.8. The fourth-order valence-electron chi connectivity index (χ4n) is 9.66. The molecule has 3 unspecified atom stereocenters. The van der Waals surface area contributed by atoms with Crippen LogP contribution in [0.1, 0.15) is 96.1 Å². The number of benzene rings is 1. The maximum absolute atomic E-state index is 15.4. The first kappa shape index (κ1) is 37.7. The topological polar surface area (TPSA) is 85.2 Å². The van der Waals surface area contributed by atoms with Crippen molar-refractivity contribution in [1.29, 1.82) is 0 Å². The molecule has 0 bridgehead atoms. The number of alkyl halides is 5. The maximum Gasteiger partial charge on any atom is 0.456 e. The van der Waals surface area contributed by atoms with Crippen molar-refractivity contribution < 1.29 is 51.2 Å². The van der Waals surface area contributed by atoms with Gasteiger partial charge in [-0.05, 0) is 86.6 Å². The van der Waals surface area contributed by atoms with Crippen LogP contribution in [-0.2, 0) is 19.0 Å². The highest BCUT2D eigenvalue weighted by molar-refractivity contribution is 5.82. The zero-order valence-corrected chi connectivity index (χ0v) is 29.5. The number of aliphatic hydroxyl groups is 2. The highest BCUT2D eigenvalue weighted by Crippen LogP contribution is 2.71. The third-order valence-electron chi connectivity index (χ3n) is 12.2. The van der Waals surface area contributed by atoms with E-state index in [4.69, 9.17) is 14.2 Å². The molecule has 3 saturated carbocycles. The summed E-state index contributed by atoms with van der Waals surface area (Å²) in [4.78, 5) is 11.4. The first-order valence-electron chi connectivity index (χ1n) is 17.8. The molecule has 5 aliphatic rings. The predicted octanol–water partition coefficient (Wildman–Crippen LogP) is 7.94. The molecule has 1 heterocycles. The fourth-order valence-corrected chi connectivity index (χ4v) is 9.66. The second kappa shape index (κ2) is 13.1. The Morgan fingerprint density at radius 3 is 2.33 bits per heavy atom. The van der Waals surface area contributed by atoms with Crippen LogP contribution in [0.2, 0.25) is 0 Å². The molecule has 0 radical (unpaired) electrons. The van der Waals surface area contributed by atoms with Crippen molar-refractivity contribution in [2.24, 2.45) is 22.7 Å². The van der Waals surface area contributed by atoms with Crippen LogP contribution in [-0.4, -0.2) is 65.1 Å². The van der Waals surface area contributed by atoms with E-state index in [0.29, 0.717) is 50.0 Å². The Morgan fingerprint density at radius 2 is 1.69 bits per heavy atom. The molecule has 6 nitrogen and oxygen atoms in total. The highest BCUT2D eigenvalue weighted by atomic mass is 19.4. The second-order valence-electron chi connectivity index (χ2n) is 16.1. The Balaban J connectivity index is 1.37. The molecule has 2 N–H and O–H groups in total. The minimum absolute atomic E-state index is 0.0214. The molecule has 1 aromatic carbocycles. The highest BCUT2D eigenvalue weighted by Gasteiger charge is 2.79. The van der Waals surface area contributed by atoms with Gasteiger partial charge >= 0.3 is 18.1 Å². The fraction of sp³-hybridized carbons (Fsp3) is 0.625. The number of carbonyl (C=O) groups excluding carboxylic acids is 1. The van der Waals surface area contributed by atoms with E-state index < -0.39 is 64.6 Å². The van der Waals surface area contributed by atoms with Gasteiger partial charge in [0.15, 0.2) is 5.79 Å². The number of esters is 1. The molecule has 278 valence electrons. The maximum atomic E-state index is 15.4. The number of hydrogen-bond donors (Lipinski definition) is 2. The molecule has 1 aromatic rings. The molecule has 1 aliphatic heterocycles. The summed E-state index contributed by atoms with van der Waals surface area (Å²) in [7, 11) is 0. The van der Waals surface area contributed by atoms with Crippen LogP contribution in [0.4, 0.5) is 22.0 Å². The average molecular weight is 719 g/mol. The van der Waals surface area contributed by atoms with Gasteiger partial charge in [-0.3, -0.25) is 0 Å². The van der Waals surface area contributed by atoms with E-state index in [0.717, 1.165) is 11.1 Å². The van der Waals surface area contributed by atoms with Crippen LogP contribution in [0.5, 0.6) is 0 Å². The van der Waals surface area contributed by atoms with Crippen molar-refractivity contribution in [2.45, 2.75) is 114 Å². The lowest BCUT2D eigenvalue weighted by atomic mass is 9.49. The molecule has 4 aliphatic carbocycles. The lowest BCUT2D eigenvalue weighted by Crippen LogP contribution is -2.65. The van der Waals surface area contributed by atoms with Gasteiger partial charge in [-0.25, -0.2) is 4.79 Å². The summed E-state index contributed by atoms with van der Waals surface area (Å²) in [6, 6.07) is 7.13. The van der Waals surface area contributed by atoms with Gasteiger partial charge in [0.2, 0.25) is 0 Å². The molecule has 0 amide bonds. The average Bonchev–Trinajstić information content (AvgIpc) is 3.34. The number of fused-ring (bicyclic) bond motifs is 4. The second-order valence-corrected chi connectivity index (χ2v) is 16.1. The number of hydrogen-bond acceptors (Lipinski definition) is 6. The molecule has 4 fully saturated rings. The minimum Gasteiger partial charge on any atom is -0.463 e. The van der Waals surface area contributed by atoms with Crippen molar-refractivity contribution in [3.05, 3.63) is 70.8 Å². The van der Waals surface area contributed by atoms with E-state index >= 15 is 8.78 Å². The van der Waals surface area contributed by atoms with Crippen molar-refractivity contribution in [3.63, 3.8) is 0 Å². The predicted molar refractivity (Wildman–Crippen MR) is 179 cm³/mol. The quantitative estimate of drug-likeness (QED) is 0.0804. The van der Waals surface area contributed by atoms with Crippen LogP contribution < -0.4 is 0 Å². The number of ether oxygens (including phenoxy) is 3. The van der Waals surface area contributed by atoms with Gasteiger partial charge in [0.05, 0.1) is 25.4 Å². The number of allylic oxidation sites excluding steroid dienone is 4. The van der Waals surface area contributed by atoms with Crippen molar-refractivity contribution in [1.82, 2.24) is 0 Å². The molecular weight excluding hydrogens is 671 g/mol. The summed E-state index contributed by atoms with van der Waals surface area (Å²) < 4.78 is 90.1. The van der Waals surface area contributed by atoms with Gasteiger partial charge in [0.25, 0.3) is 0 Å². The summed E-state index contributed by atoms with van der Waals surface area (Å²) in [5, 5.41) is 23.9.